The Kier molecular flexibility index (Phi) is 5.05. The Hall–Kier alpha value is -2.37. The fraction of sp³-hybridized carbons (Fsp3) is 0.308. The molecule has 0 aromatic heterocycles. The van der Waals surface area contributed by atoms with E-state index in [0.717, 1.165) is 0 Å². The summed E-state index contributed by atoms with van der Waals surface area (Å²) in [6.07, 6.45) is 0. The number of carbonyl (C=O) groups is 3. The Morgan fingerprint density at radius 3 is 2.11 bits per heavy atom. The zero-order valence-corrected chi connectivity index (χ0v) is 10.9. The smallest absolute Gasteiger partial charge is 0.339 e. The SMILES string of the molecule is CCOC(=O)c1cc(C(=O)OC)ccc1C(=O)OC. The summed E-state index contributed by atoms with van der Waals surface area (Å²) < 4.78 is 14.0. The van der Waals surface area contributed by atoms with Crippen LogP contribution in [0.3, 0.4) is 0 Å². The maximum atomic E-state index is 11.8. The molecule has 0 radical (unpaired) electrons. The molecule has 6 heteroatoms. The van der Waals surface area contributed by atoms with Gasteiger partial charge in [-0.2, -0.15) is 0 Å². The van der Waals surface area contributed by atoms with Crippen molar-refractivity contribution in [2.75, 3.05) is 20.8 Å². The van der Waals surface area contributed by atoms with Gasteiger partial charge in [0.2, 0.25) is 0 Å². The minimum atomic E-state index is -0.700. The van der Waals surface area contributed by atoms with Crippen LogP contribution in [0.25, 0.3) is 0 Å². The maximum absolute atomic E-state index is 11.8. The van der Waals surface area contributed by atoms with Crippen LogP contribution in [0.5, 0.6) is 0 Å². The number of rotatable bonds is 4. The Labute approximate surface area is 110 Å². The topological polar surface area (TPSA) is 78.9 Å². The van der Waals surface area contributed by atoms with E-state index in [2.05, 4.69) is 9.47 Å². The van der Waals surface area contributed by atoms with Gasteiger partial charge in [0, 0.05) is 0 Å². The van der Waals surface area contributed by atoms with Crippen molar-refractivity contribution < 1.29 is 28.6 Å². The normalized spacial score (nSPS) is 9.63. The molecule has 0 aliphatic rings. The predicted molar refractivity (Wildman–Crippen MR) is 65.1 cm³/mol. The van der Waals surface area contributed by atoms with E-state index in [1.807, 2.05) is 0 Å². The fourth-order valence-electron chi connectivity index (χ4n) is 1.45. The summed E-state index contributed by atoms with van der Waals surface area (Å²) in [6.45, 7) is 1.79. The van der Waals surface area contributed by atoms with Crippen molar-refractivity contribution in [2.45, 2.75) is 6.92 Å². The third kappa shape index (κ3) is 3.31. The molecule has 0 bridgehead atoms. The van der Waals surface area contributed by atoms with E-state index >= 15 is 0 Å². The maximum Gasteiger partial charge on any atom is 0.339 e. The molecule has 19 heavy (non-hydrogen) atoms. The van der Waals surface area contributed by atoms with Crippen molar-refractivity contribution in [3.05, 3.63) is 34.9 Å². The molecule has 1 aromatic carbocycles. The van der Waals surface area contributed by atoms with E-state index in [1.165, 1.54) is 32.4 Å². The molecule has 6 nitrogen and oxygen atoms in total. The Morgan fingerprint density at radius 2 is 1.58 bits per heavy atom. The highest BCUT2D eigenvalue weighted by Crippen LogP contribution is 2.15. The number of ether oxygens (including phenoxy) is 3. The van der Waals surface area contributed by atoms with Gasteiger partial charge in [-0.15, -0.1) is 0 Å². The number of methoxy groups -OCH3 is 2. The number of benzene rings is 1. The third-order valence-corrected chi connectivity index (χ3v) is 2.34. The second-order valence-electron chi connectivity index (χ2n) is 3.46. The molecule has 1 rings (SSSR count). The molecule has 0 amide bonds. The highest BCUT2D eigenvalue weighted by Gasteiger charge is 2.21. The molecule has 0 N–H and O–H groups in total. The summed E-state index contributed by atoms with van der Waals surface area (Å²) in [7, 11) is 2.42. The van der Waals surface area contributed by atoms with Crippen molar-refractivity contribution in [3.8, 4) is 0 Å². The molecule has 0 saturated carbocycles. The summed E-state index contributed by atoms with van der Waals surface area (Å²) in [5, 5.41) is 0. The van der Waals surface area contributed by atoms with Crippen molar-refractivity contribution in [1.82, 2.24) is 0 Å². The van der Waals surface area contributed by atoms with Crippen LogP contribution >= 0.6 is 0 Å². The molecule has 0 spiro atoms. The number of esters is 3. The molecule has 0 fully saturated rings. The third-order valence-electron chi connectivity index (χ3n) is 2.34. The Bertz CT molecular complexity index is 506. The van der Waals surface area contributed by atoms with E-state index < -0.39 is 17.9 Å². The van der Waals surface area contributed by atoms with Gasteiger partial charge in [-0.25, -0.2) is 14.4 Å². The summed E-state index contributed by atoms with van der Waals surface area (Å²) in [6, 6.07) is 3.95. The lowest BCUT2D eigenvalue weighted by Gasteiger charge is -2.08. The summed E-state index contributed by atoms with van der Waals surface area (Å²) in [5.74, 6) is -1.99. The molecular weight excluding hydrogens is 252 g/mol. The number of hydrogen-bond donors (Lipinski definition) is 0. The highest BCUT2D eigenvalue weighted by molar-refractivity contribution is 6.05. The zero-order valence-electron chi connectivity index (χ0n) is 10.9. The van der Waals surface area contributed by atoms with Gasteiger partial charge in [-0.3, -0.25) is 0 Å². The fourth-order valence-corrected chi connectivity index (χ4v) is 1.45. The van der Waals surface area contributed by atoms with Crippen LogP contribution in [0.2, 0.25) is 0 Å². The van der Waals surface area contributed by atoms with E-state index in [-0.39, 0.29) is 23.3 Å². The van der Waals surface area contributed by atoms with Crippen molar-refractivity contribution in [2.24, 2.45) is 0 Å². The molecule has 1 aromatic rings. The van der Waals surface area contributed by atoms with E-state index in [9.17, 15) is 14.4 Å². The Morgan fingerprint density at radius 1 is 0.947 bits per heavy atom. The lowest BCUT2D eigenvalue weighted by atomic mass is 10.0. The predicted octanol–water partition coefficient (Wildman–Crippen LogP) is 1.44. The van der Waals surface area contributed by atoms with Gasteiger partial charge in [0.25, 0.3) is 0 Å². The van der Waals surface area contributed by atoms with Crippen molar-refractivity contribution in [3.63, 3.8) is 0 Å². The van der Waals surface area contributed by atoms with Crippen LogP contribution in [0.4, 0.5) is 0 Å². The van der Waals surface area contributed by atoms with Crippen LogP contribution < -0.4 is 0 Å². The molecule has 0 unspecified atom stereocenters. The van der Waals surface area contributed by atoms with Gasteiger partial charge >= 0.3 is 17.9 Å². The van der Waals surface area contributed by atoms with Crippen LogP contribution in [-0.4, -0.2) is 38.7 Å². The summed E-state index contributed by atoms with van der Waals surface area (Å²) in [5.41, 5.74) is 0.156. The van der Waals surface area contributed by atoms with Crippen LogP contribution in [0.15, 0.2) is 18.2 Å². The van der Waals surface area contributed by atoms with Gasteiger partial charge in [0.1, 0.15) is 0 Å². The molecule has 0 heterocycles. The van der Waals surface area contributed by atoms with E-state index in [0.29, 0.717) is 0 Å². The monoisotopic (exact) mass is 266 g/mol. The van der Waals surface area contributed by atoms with Gasteiger partial charge in [-0.05, 0) is 25.1 Å². The zero-order chi connectivity index (χ0) is 14.4. The lowest BCUT2D eigenvalue weighted by molar-refractivity contribution is 0.0503. The molecule has 0 aliphatic heterocycles. The molecule has 102 valence electrons. The van der Waals surface area contributed by atoms with Gasteiger partial charge < -0.3 is 14.2 Å². The van der Waals surface area contributed by atoms with Crippen LogP contribution in [0.1, 0.15) is 38.0 Å². The number of hydrogen-bond acceptors (Lipinski definition) is 6. The van der Waals surface area contributed by atoms with Gasteiger partial charge in [-0.1, -0.05) is 0 Å². The number of carbonyl (C=O) groups excluding carboxylic acids is 3. The van der Waals surface area contributed by atoms with Crippen LogP contribution in [0, 0.1) is 0 Å². The molecule has 0 atom stereocenters. The first-order chi connectivity index (χ1) is 9.04. The minimum Gasteiger partial charge on any atom is -0.465 e. The first-order valence-corrected chi connectivity index (χ1v) is 5.53. The molecule has 0 saturated heterocycles. The second kappa shape index (κ2) is 6.53. The van der Waals surface area contributed by atoms with E-state index in [4.69, 9.17) is 4.74 Å². The molecular formula is C13H14O6. The average Bonchev–Trinajstić information content (AvgIpc) is 2.45. The quantitative estimate of drug-likeness (QED) is 0.606. The van der Waals surface area contributed by atoms with Crippen molar-refractivity contribution in [1.29, 1.82) is 0 Å². The first-order valence-electron chi connectivity index (χ1n) is 5.53. The molecule has 0 aliphatic carbocycles. The van der Waals surface area contributed by atoms with Gasteiger partial charge in [0.15, 0.2) is 0 Å². The average molecular weight is 266 g/mol. The summed E-state index contributed by atoms with van der Waals surface area (Å²) in [4.78, 5) is 34.7. The van der Waals surface area contributed by atoms with Crippen molar-refractivity contribution >= 4 is 17.9 Å². The standard InChI is InChI=1S/C13H14O6/c1-4-19-13(16)10-7-8(11(14)17-2)5-6-9(10)12(15)18-3/h5-7H,4H2,1-3H3. The lowest BCUT2D eigenvalue weighted by Crippen LogP contribution is -2.14. The second-order valence-corrected chi connectivity index (χ2v) is 3.46. The van der Waals surface area contributed by atoms with E-state index in [1.54, 1.807) is 6.92 Å². The van der Waals surface area contributed by atoms with Gasteiger partial charge in [0.05, 0.1) is 37.5 Å². The van der Waals surface area contributed by atoms with Crippen LogP contribution in [-0.2, 0) is 14.2 Å². The summed E-state index contributed by atoms with van der Waals surface area (Å²) >= 11 is 0. The minimum absolute atomic E-state index is 0.0309. The largest absolute Gasteiger partial charge is 0.465 e. The first kappa shape index (κ1) is 14.7. The highest BCUT2D eigenvalue weighted by atomic mass is 16.5. The Balaban J connectivity index is 3.29.